The Morgan fingerprint density at radius 2 is 1.03 bits per heavy atom. The van der Waals surface area contributed by atoms with Crippen molar-refractivity contribution < 1.29 is 28.5 Å². The van der Waals surface area contributed by atoms with Crippen LogP contribution in [0, 0.1) is 0 Å². The van der Waals surface area contributed by atoms with Gasteiger partial charge in [-0.2, -0.15) is 0 Å². The van der Waals surface area contributed by atoms with E-state index in [1.165, 1.54) is 0 Å². The molecule has 6 aromatic rings. The molecule has 6 aromatic carbocycles. The molecule has 0 aliphatic carbocycles. The number of anilines is 2. The largest absolute Gasteiger partial charge is 0.493 e. The fourth-order valence-electron chi connectivity index (χ4n) is 8.91. The highest BCUT2D eigenvalue weighted by molar-refractivity contribution is 6.07. The van der Waals surface area contributed by atoms with Crippen LogP contribution in [0.25, 0.3) is 22.3 Å². The number of nitrogens with zero attached hydrogens (tertiary/aromatic N) is 3. The summed E-state index contributed by atoms with van der Waals surface area (Å²) >= 11 is 0. The Bertz CT molecular complexity index is 2490. The Morgan fingerprint density at radius 3 is 1.48 bits per heavy atom. The summed E-state index contributed by atoms with van der Waals surface area (Å²) in [4.78, 5) is 33.9. The minimum atomic E-state index is -0.0557. The molecule has 2 saturated heterocycles. The zero-order chi connectivity index (χ0) is 45.7. The molecule has 65 heavy (non-hydrogen) atoms. The van der Waals surface area contributed by atoms with Crippen molar-refractivity contribution in [2.75, 3.05) is 64.4 Å². The molecular weight excluding hydrogens is 813 g/mol. The number of nitrogens with one attached hydrogen (secondary N) is 1. The van der Waals surface area contributed by atoms with Gasteiger partial charge in [-0.15, -0.1) is 0 Å². The topological polar surface area (TPSA) is 92.8 Å². The number of likely N-dealkylation sites (tertiary alicyclic amines) is 1. The maximum absolute atomic E-state index is 13.9. The fourth-order valence-corrected chi connectivity index (χ4v) is 8.91. The van der Waals surface area contributed by atoms with Crippen molar-refractivity contribution in [1.29, 1.82) is 0 Å². The van der Waals surface area contributed by atoms with Gasteiger partial charge in [0.05, 0.1) is 28.4 Å². The molecule has 0 unspecified atom stereocenters. The predicted octanol–water partition coefficient (Wildman–Crippen LogP) is 10.7. The van der Waals surface area contributed by atoms with Crippen molar-refractivity contribution in [1.82, 2.24) is 10.2 Å². The lowest BCUT2D eigenvalue weighted by Gasteiger charge is -2.33. The molecule has 2 atom stereocenters. The third-order valence-electron chi connectivity index (χ3n) is 12.3. The van der Waals surface area contributed by atoms with E-state index in [-0.39, 0.29) is 17.9 Å². The normalized spacial score (nSPS) is 15.7. The van der Waals surface area contributed by atoms with E-state index in [1.807, 2.05) is 76.5 Å². The minimum absolute atomic E-state index is 0.0400. The number of carbonyl (C=O) groups is 2. The van der Waals surface area contributed by atoms with Crippen molar-refractivity contribution in [2.45, 2.75) is 57.7 Å². The van der Waals surface area contributed by atoms with Crippen LogP contribution in [-0.2, 0) is 0 Å². The summed E-state index contributed by atoms with van der Waals surface area (Å²) in [6.45, 7) is 7.79. The van der Waals surface area contributed by atoms with Gasteiger partial charge in [-0.1, -0.05) is 84.9 Å². The van der Waals surface area contributed by atoms with Crippen LogP contribution < -0.4 is 34.1 Å². The fraction of sp³-hybridized carbons (Fsp3) is 0.309. The molecule has 1 N–H and O–H groups in total. The Hall–Kier alpha value is -6.62. The summed E-state index contributed by atoms with van der Waals surface area (Å²) in [6.07, 6.45) is 4.44. The molecule has 8 rings (SSSR count). The van der Waals surface area contributed by atoms with Gasteiger partial charge < -0.3 is 34.1 Å². The van der Waals surface area contributed by atoms with Gasteiger partial charge in [0.2, 0.25) is 0 Å². The Morgan fingerprint density at radius 1 is 0.554 bits per heavy atom. The van der Waals surface area contributed by atoms with Gasteiger partial charge >= 0.3 is 0 Å². The summed E-state index contributed by atoms with van der Waals surface area (Å²) in [5, 5.41) is 3.51. The van der Waals surface area contributed by atoms with Gasteiger partial charge in [0.25, 0.3) is 11.8 Å². The Balaban J connectivity index is 0.000000195. The van der Waals surface area contributed by atoms with Gasteiger partial charge in [-0.05, 0) is 136 Å². The van der Waals surface area contributed by atoms with Gasteiger partial charge in [-0.3, -0.25) is 14.5 Å². The molecule has 2 fully saturated rings. The van der Waals surface area contributed by atoms with Crippen molar-refractivity contribution in [3.63, 3.8) is 0 Å². The lowest BCUT2D eigenvalue weighted by molar-refractivity contribution is 0.0970. The van der Waals surface area contributed by atoms with Gasteiger partial charge in [0.1, 0.15) is 0 Å². The highest BCUT2D eigenvalue weighted by atomic mass is 16.5. The van der Waals surface area contributed by atoms with Crippen LogP contribution in [0.3, 0.4) is 0 Å². The molecule has 2 aliphatic rings. The monoisotopic (exact) mass is 874 g/mol. The summed E-state index contributed by atoms with van der Waals surface area (Å²) in [6, 6.07) is 48.7. The van der Waals surface area contributed by atoms with Crippen LogP contribution in [0.2, 0.25) is 0 Å². The highest BCUT2D eigenvalue weighted by Gasteiger charge is 2.31. The number of benzene rings is 6. The molecule has 338 valence electrons. The zero-order valence-electron chi connectivity index (χ0n) is 38.5. The first-order valence-electron chi connectivity index (χ1n) is 22.6. The average Bonchev–Trinajstić information content (AvgIpc) is 4.08. The molecule has 0 spiro atoms. The molecule has 0 saturated carbocycles. The van der Waals surface area contributed by atoms with Crippen LogP contribution in [0.15, 0.2) is 146 Å². The van der Waals surface area contributed by atoms with Crippen LogP contribution in [0.4, 0.5) is 11.4 Å². The lowest BCUT2D eigenvalue weighted by Crippen LogP contribution is -2.45. The first-order chi connectivity index (χ1) is 31.7. The molecule has 10 heteroatoms. The van der Waals surface area contributed by atoms with E-state index in [2.05, 4.69) is 72.6 Å². The van der Waals surface area contributed by atoms with E-state index in [4.69, 9.17) is 18.9 Å². The van der Waals surface area contributed by atoms with Gasteiger partial charge in [0.15, 0.2) is 23.0 Å². The Kier molecular flexibility index (Phi) is 15.9. The maximum Gasteiger partial charge on any atom is 0.258 e. The van der Waals surface area contributed by atoms with Crippen molar-refractivity contribution in [3.8, 4) is 45.3 Å². The second kappa shape index (κ2) is 22.3. The number of hydrogen-bond donors (Lipinski definition) is 1. The number of methoxy groups -OCH3 is 4. The average molecular weight is 875 g/mol. The van der Waals surface area contributed by atoms with E-state index in [0.717, 1.165) is 72.4 Å². The molecule has 0 bridgehead atoms. The van der Waals surface area contributed by atoms with Crippen LogP contribution in [0.5, 0.6) is 23.0 Å². The number of hydrogen-bond acceptors (Lipinski definition) is 8. The number of carbonyl (C=O) groups excluding carboxylic acids is 2. The highest BCUT2D eigenvalue weighted by Crippen LogP contribution is 2.33. The van der Waals surface area contributed by atoms with Crippen molar-refractivity contribution in [2.24, 2.45) is 0 Å². The second-order valence-corrected chi connectivity index (χ2v) is 16.7. The molecule has 2 aliphatic heterocycles. The van der Waals surface area contributed by atoms with E-state index < -0.39 is 0 Å². The quantitative estimate of drug-likeness (QED) is 0.109. The van der Waals surface area contributed by atoms with Crippen LogP contribution in [0.1, 0.15) is 60.2 Å². The van der Waals surface area contributed by atoms with E-state index in [0.29, 0.717) is 59.3 Å². The number of rotatable bonds is 15. The number of amides is 2. The summed E-state index contributed by atoms with van der Waals surface area (Å²) < 4.78 is 21.6. The SMILES string of the molecule is COc1ccc(C(=O)N(C[C@@H]2CCCN2)c2cccc(-c3ccccc3)c2)cc1OC.COc1ccc(C(=O)N(C[C@@H]2CCCN2C(C)C)c2cccc(-c3ccccc3)c2)cc1OC. The van der Waals surface area contributed by atoms with E-state index in [9.17, 15) is 9.59 Å². The standard InChI is InChI=1S/C29H34N2O3.C26H28N2O3/c1-21(2)30-17-9-14-26(30)20-31(29(32)24-15-16-27(33-3)28(19-24)34-4)25-13-8-12-23(18-25)22-10-6-5-7-11-22;1-30-24-14-13-21(17-25(24)31-2)26(29)28(18-22-11-7-15-27-22)23-12-6-10-20(16-23)19-8-4-3-5-9-19/h5-8,10-13,15-16,18-19,21,26H,9,14,17,20H2,1-4H3;3-6,8-10,12-14,16-17,22,27H,7,11,15,18H2,1-2H3/t26-;22-/m00/s1. The van der Waals surface area contributed by atoms with E-state index in [1.54, 1.807) is 58.8 Å². The molecule has 2 amide bonds. The van der Waals surface area contributed by atoms with Crippen LogP contribution in [-0.4, -0.2) is 89.5 Å². The van der Waals surface area contributed by atoms with Crippen molar-refractivity contribution >= 4 is 23.2 Å². The smallest absolute Gasteiger partial charge is 0.258 e. The lowest BCUT2D eigenvalue weighted by atomic mass is 10.0. The third kappa shape index (κ3) is 11.4. The molecule has 10 nitrogen and oxygen atoms in total. The third-order valence-corrected chi connectivity index (χ3v) is 12.3. The maximum atomic E-state index is 13.9. The van der Waals surface area contributed by atoms with Crippen LogP contribution >= 0.6 is 0 Å². The predicted molar refractivity (Wildman–Crippen MR) is 262 cm³/mol. The van der Waals surface area contributed by atoms with Gasteiger partial charge in [0, 0.05) is 53.7 Å². The summed E-state index contributed by atoms with van der Waals surface area (Å²) in [7, 11) is 6.36. The molecule has 2 heterocycles. The van der Waals surface area contributed by atoms with Gasteiger partial charge in [-0.25, -0.2) is 0 Å². The summed E-state index contributed by atoms with van der Waals surface area (Å²) in [5.74, 6) is 2.22. The molecule has 0 aromatic heterocycles. The first kappa shape index (κ1) is 46.4. The first-order valence-corrected chi connectivity index (χ1v) is 22.6. The van der Waals surface area contributed by atoms with E-state index >= 15 is 0 Å². The van der Waals surface area contributed by atoms with Crippen molar-refractivity contribution in [3.05, 3.63) is 157 Å². The summed E-state index contributed by atoms with van der Waals surface area (Å²) in [5.41, 5.74) is 7.37. The molecule has 0 radical (unpaired) electrons. The minimum Gasteiger partial charge on any atom is -0.493 e. The zero-order valence-corrected chi connectivity index (χ0v) is 38.5. The second-order valence-electron chi connectivity index (χ2n) is 16.7. The molecular formula is C55H62N4O6. The Labute approximate surface area is 384 Å². The number of ether oxygens (including phenoxy) is 4.